The molecule has 92 valence electrons. The zero-order chi connectivity index (χ0) is 12.0. The van der Waals surface area contributed by atoms with Crippen LogP contribution in [0.25, 0.3) is 0 Å². The first-order chi connectivity index (χ1) is 8.07. The molecule has 1 atom stereocenters. The Morgan fingerprint density at radius 1 is 1.35 bits per heavy atom. The molecule has 1 saturated heterocycles. The van der Waals surface area contributed by atoms with Crippen LogP contribution in [0.5, 0.6) is 0 Å². The van der Waals surface area contributed by atoms with E-state index in [4.69, 9.17) is 5.73 Å². The number of hydrogen-bond donors (Lipinski definition) is 1. The van der Waals surface area contributed by atoms with Gasteiger partial charge in [-0.2, -0.15) is 0 Å². The predicted molar refractivity (Wildman–Crippen MR) is 69.0 cm³/mol. The summed E-state index contributed by atoms with van der Waals surface area (Å²) in [6, 6.07) is 6.05. The van der Waals surface area contributed by atoms with Gasteiger partial charge in [-0.05, 0) is 24.5 Å². The van der Waals surface area contributed by atoms with Gasteiger partial charge < -0.3 is 10.6 Å². The van der Waals surface area contributed by atoms with E-state index in [0.29, 0.717) is 5.75 Å². The molecule has 2 heterocycles. The van der Waals surface area contributed by atoms with Gasteiger partial charge in [-0.25, -0.2) is 8.42 Å². The van der Waals surface area contributed by atoms with Crippen molar-refractivity contribution < 1.29 is 8.42 Å². The van der Waals surface area contributed by atoms with Crippen molar-refractivity contribution in [1.29, 1.82) is 0 Å². The van der Waals surface area contributed by atoms with Crippen molar-refractivity contribution in [1.82, 2.24) is 0 Å². The molecule has 4 nitrogen and oxygen atoms in total. The first-order valence-electron chi connectivity index (χ1n) is 5.91. The van der Waals surface area contributed by atoms with Gasteiger partial charge >= 0.3 is 0 Å². The minimum Gasteiger partial charge on any atom is -0.397 e. The van der Waals surface area contributed by atoms with Gasteiger partial charge in [0.15, 0.2) is 9.84 Å². The summed E-state index contributed by atoms with van der Waals surface area (Å²) in [4.78, 5) is 2.19. The van der Waals surface area contributed by atoms with E-state index in [1.54, 1.807) is 0 Å². The highest BCUT2D eigenvalue weighted by molar-refractivity contribution is 7.91. The molecule has 2 N–H and O–H groups in total. The van der Waals surface area contributed by atoms with Crippen molar-refractivity contribution in [2.75, 3.05) is 28.7 Å². The van der Waals surface area contributed by atoms with Crippen LogP contribution in [0, 0.1) is 0 Å². The number of sulfone groups is 1. The van der Waals surface area contributed by atoms with Crippen molar-refractivity contribution in [3.63, 3.8) is 0 Å². The minimum atomic E-state index is -2.83. The summed E-state index contributed by atoms with van der Waals surface area (Å²) in [5, 5.41) is 0. The Balaban J connectivity index is 1.94. The van der Waals surface area contributed by atoms with E-state index in [9.17, 15) is 8.42 Å². The smallest absolute Gasteiger partial charge is 0.152 e. The molecule has 0 aromatic heterocycles. The van der Waals surface area contributed by atoms with Gasteiger partial charge in [-0.15, -0.1) is 0 Å². The van der Waals surface area contributed by atoms with E-state index in [1.165, 1.54) is 5.56 Å². The topological polar surface area (TPSA) is 63.4 Å². The van der Waals surface area contributed by atoms with E-state index in [2.05, 4.69) is 11.0 Å². The first kappa shape index (κ1) is 10.9. The molecule has 0 saturated carbocycles. The number of rotatable bonds is 1. The molecule has 1 aromatic carbocycles. The van der Waals surface area contributed by atoms with Crippen LogP contribution in [0.4, 0.5) is 11.4 Å². The van der Waals surface area contributed by atoms with Crippen LogP contribution >= 0.6 is 0 Å². The van der Waals surface area contributed by atoms with E-state index in [0.717, 1.165) is 30.8 Å². The molecule has 0 aliphatic carbocycles. The third-order valence-corrected chi connectivity index (χ3v) is 5.46. The van der Waals surface area contributed by atoms with Crippen molar-refractivity contribution in [3.8, 4) is 0 Å². The number of para-hydroxylation sites is 1. The van der Waals surface area contributed by atoms with Crippen LogP contribution in [-0.2, 0) is 16.3 Å². The van der Waals surface area contributed by atoms with Gasteiger partial charge in [0.25, 0.3) is 0 Å². The fourth-order valence-electron chi connectivity index (χ4n) is 2.90. The van der Waals surface area contributed by atoms with Gasteiger partial charge in [0, 0.05) is 12.6 Å². The molecule has 2 aliphatic heterocycles. The van der Waals surface area contributed by atoms with Crippen molar-refractivity contribution in [3.05, 3.63) is 23.8 Å². The molecule has 5 heteroatoms. The molecule has 0 amide bonds. The molecule has 0 radical (unpaired) electrons. The highest BCUT2D eigenvalue weighted by atomic mass is 32.2. The first-order valence-corrected chi connectivity index (χ1v) is 7.73. The van der Waals surface area contributed by atoms with Gasteiger partial charge in [-0.3, -0.25) is 0 Å². The number of benzene rings is 1. The molecule has 1 aromatic rings. The minimum absolute atomic E-state index is 0.117. The quantitative estimate of drug-likeness (QED) is 0.752. The molecule has 1 fully saturated rings. The second-order valence-corrected chi connectivity index (χ2v) is 7.08. The Kier molecular flexibility index (Phi) is 2.33. The molecule has 0 bridgehead atoms. The fraction of sp³-hybridized carbons (Fsp3) is 0.500. The zero-order valence-electron chi connectivity index (χ0n) is 9.59. The summed E-state index contributed by atoms with van der Waals surface area (Å²) in [5.74, 6) is 0.594. The maximum Gasteiger partial charge on any atom is 0.152 e. The van der Waals surface area contributed by atoms with Crippen LogP contribution < -0.4 is 10.6 Å². The van der Waals surface area contributed by atoms with E-state index < -0.39 is 9.84 Å². The summed E-state index contributed by atoms with van der Waals surface area (Å²) in [5.41, 5.74) is 9.08. The average molecular weight is 252 g/mol. The number of hydrogen-bond acceptors (Lipinski definition) is 4. The van der Waals surface area contributed by atoms with Crippen LogP contribution in [0.1, 0.15) is 12.0 Å². The van der Waals surface area contributed by atoms with Crippen LogP contribution in [0.3, 0.4) is 0 Å². The largest absolute Gasteiger partial charge is 0.397 e. The Hall–Kier alpha value is -1.23. The normalized spacial score (nSPS) is 26.1. The lowest BCUT2D eigenvalue weighted by Crippen LogP contribution is -2.35. The summed E-state index contributed by atoms with van der Waals surface area (Å²) in [6.45, 7) is 0.893. The van der Waals surface area contributed by atoms with E-state index >= 15 is 0 Å². The standard InChI is InChI=1S/C12H16N2O2S/c13-11-3-1-2-9-4-6-14(12(9)11)10-5-7-17(15,16)8-10/h1-3,10H,4-8,13H2. The van der Waals surface area contributed by atoms with E-state index in [1.807, 2.05) is 12.1 Å². The Bertz CT molecular complexity index is 554. The second-order valence-electron chi connectivity index (χ2n) is 4.86. The third-order valence-electron chi connectivity index (χ3n) is 3.71. The number of nitrogen functional groups attached to an aromatic ring is 1. The molecular formula is C12H16N2O2S. The molecule has 0 spiro atoms. The lowest BCUT2D eigenvalue weighted by molar-refractivity contribution is 0.600. The van der Waals surface area contributed by atoms with Crippen LogP contribution in [0.2, 0.25) is 0 Å². The van der Waals surface area contributed by atoms with Crippen LogP contribution in [-0.4, -0.2) is 32.5 Å². The second kappa shape index (κ2) is 3.63. The number of anilines is 2. The third kappa shape index (κ3) is 1.78. The number of nitrogens with zero attached hydrogens (tertiary/aromatic N) is 1. The van der Waals surface area contributed by atoms with Crippen molar-refractivity contribution in [2.45, 2.75) is 18.9 Å². The molecule has 1 unspecified atom stereocenters. The Morgan fingerprint density at radius 3 is 2.88 bits per heavy atom. The van der Waals surface area contributed by atoms with Gasteiger partial charge in [0.05, 0.1) is 22.9 Å². The van der Waals surface area contributed by atoms with E-state index in [-0.39, 0.29) is 11.8 Å². The summed E-state index contributed by atoms with van der Waals surface area (Å²) in [6.07, 6.45) is 1.70. The average Bonchev–Trinajstić information content (AvgIpc) is 2.82. The number of fused-ring (bicyclic) bond motifs is 1. The molecule has 3 rings (SSSR count). The highest BCUT2D eigenvalue weighted by Crippen LogP contribution is 2.37. The summed E-state index contributed by atoms with van der Waals surface area (Å²) >= 11 is 0. The fourth-order valence-corrected chi connectivity index (χ4v) is 4.63. The molecule has 17 heavy (non-hydrogen) atoms. The Labute approximate surface area is 101 Å². The summed E-state index contributed by atoms with van der Waals surface area (Å²) in [7, 11) is -2.83. The van der Waals surface area contributed by atoms with Crippen molar-refractivity contribution in [2.24, 2.45) is 0 Å². The van der Waals surface area contributed by atoms with Gasteiger partial charge in [-0.1, -0.05) is 12.1 Å². The molecule has 2 aliphatic rings. The highest BCUT2D eigenvalue weighted by Gasteiger charge is 2.35. The van der Waals surface area contributed by atoms with Crippen LogP contribution in [0.15, 0.2) is 18.2 Å². The maximum atomic E-state index is 11.5. The predicted octanol–water partition coefficient (Wildman–Crippen LogP) is 0.818. The lowest BCUT2D eigenvalue weighted by atomic mass is 10.1. The molecular weight excluding hydrogens is 236 g/mol. The Morgan fingerprint density at radius 2 is 2.18 bits per heavy atom. The van der Waals surface area contributed by atoms with Gasteiger partial charge in [0.2, 0.25) is 0 Å². The monoisotopic (exact) mass is 252 g/mol. The lowest BCUT2D eigenvalue weighted by Gasteiger charge is -2.26. The SMILES string of the molecule is Nc1cccc2c1N(C1CCS(=O)(=O)C1)CC2. The summed E-state index contributed by atoms with van der Waals surface area (Å²) < 4.78 is 23.1. The number of nitrogens with two attached hydrogens (primary N) is 1. The maximum absolute atomic E-state index is 11.5. The van der Waals surface area contributed by atoms with Gasteiger partial charge in [0.1, 0.15) is 0 Å². The van der Waals surface area contributed by atoms with Crippen molar-refractivity contribution >= 4 is 21.2 Å². The zero-order valence-corrected chi connectivity index (χ0v) is 10.4.